The lowest BCUT2D eigenvalue weighted by Gasteiger charge is -2.30. The molecule has 1 aliphatic rings. The summed E-state index contributed by atoms with van der Waals surface area (Å²) < 4.78 is 52.5. The molecule has 96 valence electrons. The molecule has 5 nitrogen and oxygen atoms in total. The molecule has 2 rings (SSSR count). The number of piperidine rings is 1. The Morgan fingerprint density at radius 3 is 2.41 bits per heavy atom. The molecule has 0 bridgehead atoms. The maximum absolute atomic E-state index is 12.9. The molecule has 1 fully saturated rings. The first-order valence-corrected chi connectivity index (χ1v) is 6.61. The lowest BCUT2D eigenvalue weighted by Crippen LogP contribution is -2.42. The SMILES string of the molecule is Cn1cnc(S(=O)(=O)N2CCC(F)(F)CC2)c1. The van der Waals surface area contributed by atoms with Crippen LogP contribution in [0.25, 0.3) is 0 Å². The van der Waals surface area contributed by atoms with Crippen molar-refractivity contribution in [2.45, 2.75) is 23.8 Å². The quantitative estimate of drug-likeness (QED) is 0.796. The van der Waals surface area contributed by atoms with E-state index in [0.717, 1.165) is 4.31 Å². The van der Waals surface area contributed by atoms with E-state index in [4.69, 9.17) is 0 Å². The van der Waals surface area contributed by atoms with E-state index < -0.39 is 28.8 Å². The molecule has 0 N–H and O–H groups in total. The number of nitrogens with zero attached hydrogens (tertiary/aromatic N) is 3. The number of alkyl halides is 2. The van der Waals surface area contributed by atoms with E-state index in [0.29, 0.717) is 0 Å². The van der Waals surface area contributed by atoms with Gasteiger partial charge in [-0.1, -0.05) is 0 Å². The maximum atomic E-state index is 12.9. The molecule has 0 unspecified atom stereocenters. The second-order valence-corrected chi connectivity index (χ2v) is 6.02. The Bertz CT molecular complexity index is 502. The predicted octanol–water partition coefficient (Wildman–Crippen LogP) is 0.840. The van der Waals surface area contributed by atoms with Gasteiger partial charge in [0.2, 0.25) is 0 Å². The highest BCUT2D eigenvalue weighted by Crippen LogP contribution is 2.30. The van der Waals surface area contributed by atoms with E-state index in [1.54, 1.807) is 7.05 Å². The van der Waals surface area contributed by atoms with Crippen LogP contribution in [0.1, 0.15) is 12.8 Å². The molecule has 1 aromatic rings. The Hall–Kier alpha value is -1.02. The Labute approximate surface area is 98.1 Å². The van der Waals surface area contributed by atoms with Crippen molar-refractivity contribution in [3.05, 3.63) is 12.5 Å². The summed E-state index contributed by atoms with van der Waals surface area (Å²) >= 11 is 0. The molecule has 0 amide bonds. The smallest absolute Gasteiger partial charge is 0.262 e. The number of aromatic nitrogens is 2. The molecule has 1 saturated heterocycles. The van der Waals surface area contributed by atoms with Crippen LogP contribution < -0.4 is 0 Å². The minimum Gasteiger partial charge on any atom is -0.339 e. The second kappa shape index (κ2) is 4.02. The van der Waals surface area contributed by atoms with E-state index in [2.05, 4.69) is 4.98 Å². The summed E-state index contributed by atoms with van der Waals surface area (Å²) in [5, 5.41) is -0.0924. The average Bonchev–Trinajstić information content (AvgIpc) is 2.65. The number of hydrogen-bond donors (Lipinski definition) is 0. The van der Waals surface area contributed by atoms with Crippen molar-refractivity contribution in [3.8, 4) is 0 Å². The van der Waals surface area contributed by atoms with Gasteiger partial charge < -0.3 is 4.57 Å². The Kier molecular flexibility index (Phi) is 2.94. The molecule has 0 atom stereocenters. The van der Waals surface area contributed by atoms with Gasteiger partial charge in [-0.05, 0) is 0 Å². The zero-order valence-electron chi connectivity index (χ0n) is 9.31. The highest BCUT2D eigenvalue weighted by Gasteiger charge is 2.39. The summed E-state index contributed by atoms with van der Waals surface area (Å²) in [4.78, 5) is 3.74. The van der Waals surface area contributed by atoms with Gasteiger partial charge in [0, 0.05) is 39.2 Å². The zero-order chi connectivity index (χ0) is 12.7. The summed E-state index contributed by atoms with van der Waals surface area (Å²) in [6.45, 7) is -0.322. The summed E-state index contributed by atoms with van der Waals surface area (Å²) in [6, 6.07) is 0. The summed E-state index contributed by atoms with van der Waals surface area (Å²) in [7, 11) is -2.07. The van der Waals surface area contributed by atoms with Crippen molar-refractivity contribution >= 4 is 10.0 Å². The average molecular weight is 265 g/mol. The Morgan fingerprint density at radius 2 is 1.94 bits per heavy atom. The first-order valence-electron chi connectivity index (χ1n) is 5.17. The van der Waals surface area contributed by atoms with Gasteiger partial charge in [0.1, 0.15) is 0 Å². The number of imidazole rings is 1. The minimum atomic E-state index is -3.72. The van der Waals surface area contributed by atoms with Gasteiger partial charge >= 0.3 is 0 Å². The fraction of sp³-hybridized carbons (Fsp3) is 0.667. The summed E-state index contributed by atoms with van der Waals surface area (Å²) in [5.74, 6) is -2.75. The zero-order valence-corrected chi connectivity index (χ0v) is 10.1. The lowest BCUT2D eigenvalue weighted by atomic mass is 10.1. The number of halogens is 2. The van der Waals surface area contributed by atoms with Crippen LogP contribution in [0.15, 0.2) is 17.6 Å². The summed E-state index contributed by atoms with van der Waals surface area (Å²) in [5.41, 5.74) is 0. The van der Waals surface area contributed by atoms with E-state index in [1.165, 1.54) is 17.1 Å². The van der Waals surface area contributed by atoms with Gasteiger partial charge in [-0.2, -0.15) is 4.31 Å². The molecule has 1 aromatic heterocycles. The van der Waals surface area contributed by atoms with E-state index in [-0.39, 0.29) is 18.1 Å². The molecule has 17 heavy (non-hydrogen) atoms. The third-order valence-electron chi connectivity index (χ3n) is 2.74. The normalized spacial score (nSPS) is 21.6. The third kappa shape index (κ3) is 2.47. The van der Waals surface area contributed by atoms with E-state index in [9.17, 15) is 17.2 Å². The standard InChI is InChI=1S/C9H13F2N3O2S/c1-13-6-8(12-7-13)17(15,16)14-4-2-9(10,11)3-5-14/h6-7H,2-5H2,1H3. The Balaban J connectivity index is 2.18. The molecule has 1 aliphatic heterocycles. The number of sulfonamides is 1. The van der Waals surface area contributed by atoms with Crippen molar-refractivity contribution < 1.29 is 17.2 Å². The van der Waals surface area contributed by atoms with Crippen molar-refractivity contribution in [1.29, 1.82) is 0 Å². The molecular weight excluding hydrogens is 252 g/mol. The van der Waals surface area contributed by atoms with Crippen LogP contribution in [0.2, 0.25) is 0 Å². The van der Waals surface area contributed by atoms with Crippen molar-refractivity contribution in [1.82, 2.24) is 13.9 Å². The van der Waals surface area contributed by atoms with Crippen molar-refractivity contribution in [2.75, 3.05) is 13.1 Å². The summed E-state index contributed by atoms with van der Waals surface area (Å²) in [6.07, 6.45) is 1.87. The maximum Gasteiger partial charge on any atom is 0.262 e. The van der Waals surface area contributed by atoms with Crippen LogP contribution in [0.3, 0.4) is 0 Å². The lowest BCUT2D eigenvalue weighted by molar-refractivity contribution is -0.0412. The first-order chi connectivity index (χ1) is 7.81. The molecule has 0 saturated carbocycles. The van der Waals surface area contributed by atoms with Gasteiger partial charge in [-0.15, -0.1) is 0 Å². The van der Waals surface area contributed by atoms with Gasteiger partial charge in [-0.25, -0.2) is 22.2 Å². The highest BCUT2D eigenvalue weighted by atomic mass is 32.2. The predicted molar refractivity (Wildman–Crippen MR) is 56.1 cm³/mol. The van der Waals surface area contributed by atoms with Crippen LogP contribution >= 0.6 is 0 Å². The minimum absolute atomic E-state index is 0.0924. The number of aryl methyl sites for hydroxylation is 1. The largest absolute Gasteiger partial charge is 0.339 e. The first kappa shape index (κ1) is 12.4. The third-order valence-corrected chi connectivity index (χ3v) is 4.52. The highest BCUT2D eigenvalue weighted by molar-refractivity contribution is 7.89. The molecule has 0 aromatic carbocycles. The molecule has 0 spiro atoms. The monoisotopic (exact) mass is 265 g/mol. The van der Waals surface area contributed by atoms with Crippen LogP contribution in [0.5, 0.6) is 0 Å². The van der Waals surface area contributed by atoms with Gasteiger partial charge in [0.15, 0.2) is 5.03 Å². The Morgan fingerprint density at radius 1 is 1.35 bits per heavy atom. The fourth-order valence-corrected chi connectivity index (χ4v) is 3.12. The molecule has 8 heteroatoms. The van der Waals surface area contributed by atoms with Crippen molar-refractivity contribution in [3.63, 3.8) is 0 Å². The van der Waals surface area contributed by atoms with Crippen LogP contribution in [-0.4, -0.2) is 41.3 Å². The fourth-order valence-electron chi connectivity index (χ4n) is 1.71. The number of hydrogen-bond acceptors (Lipinski definition) is 3. The molecule has 0 radical (unpaired) electrons. The van der Waals surface area contributed by atoms with Gasteiger partial charge in [0.05, 0.1) is 6.33 Å². The van der Waals surface area contributed by atoms with Crippen LogP contribution in [0.4, 0.5) is 8.78 Å². The van der Waals surface area contributed by atoms with Gasteiger partial charge in [-0.3, -0.25) is 0 Å². The molecule has 2 heterocycles. The second-order valence-electron chi connectivity index (χ2n) is 4.14. The van der Waals surface area contributed by atoms with Crippen LogP contribution in [0, 0.1) is 0 Å². The van der Waals surface area contributed by atoms with E-state index >= 15 is 0 Å². The van der Waals surface area contributed by atoms with E-state index in [1.807, 2.05) is 0 Å². The van der Waals surface area contributed by atoms with Crippen molar-refractivity contribution in [2.24, 2.45) is 7.05 Å². The molecule has 0 aliphatic carbocycles. The molecular formula is C9H13F2N3O2S. The number of rotatable bonds is 2. The van der Waals surface area contributed by atoms with Gasteiger partial charge in [0.25, 0.3) is 15.9 Å². The van der Waals surface area contributed by atoms with Crippen LogP contribution in [-0.2, 0) is 17.1 Å². The topological polar surface area (TPSA) is 55.2 Å².